The van der Waals surface area contributed by atoms with Gasteiger partial charge in [-0.05, 0) is 49.2 Å². The lowest BCUT2D eigenvalue weighted by molar-refractivity contribution is 0.411. The lowest BCUT2D eigenvalue weighted by Gasteiger charge is -2.13. The zero-order valence-corrected chi connectivity index (χ0v) is 13.4. The number of anilines is 1. The number of methoxy groups -OCH3 is 1. The molecule has 0 saturated heterocycles. The summed E-state index contributed by atoms with van der Waals surface area (Å²) in [6.07, 6.45) is 1.49. The molecule has 112 valence electrons. The summed E-state index contributed by atoms with van der Waals surface area (Å²) in [7, 11) is -2.20. The Bertz CT molecular complexity index is 776. The molecular formula is C14H15ClN2O3S. The van der Waals surface area contributed by atoms with E-state index in [1.165, 1.54) is 6.20 Å². The molecule has 0 fully saturated rings. The van der Waals surface area contributed by atoms with Crippen LogP contribution in [0.15, 0.2) is 35.4 Å². The van der Waals surface area contributed by atoms with Crippen LogP contribution in [0.5, 0.6) is 5.75 Å². The Hall–Kier alpha value is -1.79. The third-order valence-corrected chi connectivity index (χ3v) is 4.79. The maximum Gasteiger partial charge on any atom is 0.262 e. The highest BCUT2D eigenvalue weighted by Crippen LogP contribution is 2.28. The van der Waals surface area contributed by atoms with Gasteiger partial charge in [-0.3, -0.25) is 4.72 Å². The van der Waals surface area contributed by atoms with Crippen molar-refractivity contribution in [2.75, 3.05) is 11.8 Å². The molecule has 2 rings (SSSR count). The zero-order chi connectivity index (χ0) is 15.6. The first-order valence-electron chi connectivity index (χ1n) is 6.13. The Morgan fingerprint density at radius 1 is 1.24 bits per heavy atom. The van der Waals surface area contributed by atoms with Crippen LogP contribution >= 0.6 is 11.6 Å². The molecule has 1 aromatic heterocycles. The summed E-state index contributed by atoms with van der Waals surface area (Å²) in [5, 5.41) is 0.101. The molecule has 0 amide bonds. The number of aromatic nitrogens is 1. The highest BCUT2D eigenvalue weighted by atomic mass is 35.5. The Morgan fingerprint density at radius 3 is 2.57 bits per heavy atom. The molecule has 21 heavy (non-hydrogen) atoms. The van der Waals surface area contributed by atoms with Crippen molar-refractivity contribution >= 4 is 27.3 Å². The normalized spacial score (nSPS) is 11.2. The molecule has 0 aliphatic rings. The molecule has 1 heterocycles. The van der Waals surface area contributed by atoms with Crippen molar-refractivity contribution in [3.63, 3.8) is 0 Å². The number of halogens is 1. The van der Waals surface area contributed by atoms with Gasteiger partial charge in [0.15, 0.2) is 5.15 Å². The number of hydrogen-bond donors (Lipinski definition) is 1. The topological polar surface area (TPSA) is 68.3 Å². The molecule has 0 saturated carbocycles. The van der Waals surface area contributed by atoms with Gasteiger partial charge in [0.1, 0.15) is 5.75 Å². The van der Waals surface area contributed by atoms with E-state index in [0.29, 0.717) is 11.3 Å². The van der Waals surface area contributed by atoms with E-state index in [9.17, 15) is 8.42 Å². The SMILES string of the molecule is COc1cc(C)c(S(=O)(=O)Nc2cccnc2Cl)cc1C. The van der Waals surface area contributed by atoms with Gasteiger partial charge in [0.25, 0.3) is 10.0 Å². The van der Waals surface area contributed by atoms with Gasteiger partial charge >= 0.3 is 0 Å². The van der Waals surface area contributed by atoms with E-state index in [-0.39, 0.29) is 15.7 Å². The van der Waals surface area contributed by atoms with Gasteiger partial charge in [0.05, 0.1) is 17.7 Å². The first kappa shape index (κ1) is 15.6. The minimum atomic E-state index is -3.74. The van der Waals surface area contributed by atoms with Crippen LogP contribution in [0, 0.1) is 13.8 Å². The van der Waals surface area contributed by atoms with Crippen molar-refractivity contribution in [3.05, 3.63) is 46.7 Å². The van der Waals surface area contributed by atoms with E-state index >= 15 is 0 Å². The van der Waals surface area contributed by atoms with Crippen LogP contribution in [0.25, 0.3) is 0 Å². The molecule has 0 atom stereocenters. The van der Waals surface area contributed by atoms with Gasteiger partial charge in [0.2, 0.25) is 0 Å². The van der Waals surface area contributed by atoms with Crippen molar-refractivity contribution in [1.82, 2.24) is 4.98 Å². The standard InChI is InChI=1S/C14H15ClN2O3S/c1-9-8-13(10(2)7-12(9)20-3)21(18,19)17-11-5-4-6-16-14(11)15/h4-8,17H,1-3H3. The van der Waals surface area contributed by atoms with Gasteiger partial charge in [-0.25, -0.2) is 13.4 Å². The fraction of sp³-hybridized carbons (Fsp3) is 0.214. The Labute approximate surface area is 129 Å². The summed E-state index contributed by atoms with van der Waals surface area (Å²) in [5.41, 5.74) is 1.57. The minimum Gasteiger partial charge on any atom is -0.496 e. The summed E-state index contributed by atoms with van der Waals surface area (Å²) in [6.45, 7) is 3.50. The van der Waals surface area contributed by atoms with Crippen molar-refractivity contribution in [3.8, 4) is 5.75 Å². The van der Waals surface area contributed by atoms with Gasteiger partial charge < -0.3 is 4.74 Å². The molecule has 1 aromatic carbocycles. The molecule has 0 aliphatic heterocycles. The Balaban J connectivity index is 2.45. The second-order valence-electron chi connectivity index (χ2n) is 4.53. The fourth-order valence-corrected chi connectivity index (χ4v) is 3.54. The van der Waals surface area contributed by atoms with Crippen LogP contribution < -0.4 is 9.46 Å². The summed E-state index contributed by atoms with van der Waals surface area (Å²) >= 11 is 5.88. The fourth-order valence-electron chi connectivity index (χ4n) is 1.93. The predicted molar refractivity (Wildman–Crippen MR) is 82.5 cm³/mol. The van der Waals surface area contributed by atoms with Gasteiger partial charge in [0, 0.05) is 6.20 Å². The van der Waals surface area contributed by atoms with E-state index in [1.54, 1.807) is 45.2 Å². The van der Waals surface area contributed by atoms with E-state index in [0.717, 1.165) is 5.56 Å². The van der Waals surface area contributed by atoms with E-state index < -0.39 is 10.0 Å². The van der Waals surface area contributed by atoms with E-state index in [4.69, 9.17) is 16.3 Å². The van der Waals surface area contributed by atoms with Gasteiger partial charge in [-0.15, -0.1) is 0 Å². The summed E-state index contributed by atoms with van der Waals surface area (Å²) < 4.78 is 32.6. The quantitative estimate of drug-likeness (QED) is 0.876. The molecule has 0 radical (unpaired) electrons. The molecule has 0 bridgehead atoms. The number of rotatable bonds is 4. The van der Waals surface area contributed by atoms with Crippen molar-refractivity contribution in [2.45, 2.75) is 18.7 Å². The Morgan fingerprint density at radius 2 is 1.95 bits per heavy atom. The molecule has 7 heteroatoms. The maximum atomic E-state index is 12.5. The molecule has 0 spiro atoms. The third kappa shape index (κ3) is 3.28. The molecule has 2 aromatic rings. The minimum absolute atomic E-state index is 0.101. The van der Waals surface area contributed by atoms with Crippen LogP contribution in [0.3, 0.4) is 0 Å². The number of sulfonamides is 1. The number of benzene rings is 1. The van der Waals surface area contributed by atoms with Crippen LogP contribution in [0.1, 0.15) is 11.1 Å². The van der Waals surface area contributed by atoms with E-state index in [2.05, 4.69) is 9.71 Å². The van der Waals surface area contributed by atoms with Crippen LogP contribution in [0.2, 0.25) is 5.15 Å². The molecular weight excluding hydrogens is 312 g/mol. The van der Waals surface area contributed by atoms with Crippen molar-refractivity contribution < 1.29 is 13.2 Å². The third-order valence-electron chi connectivity index (χ3n) is 2.99. The molecule has 0 aliphatic carbocycles. The highest BCUT2D eigenvalue weighted by Gasteiger charge is 2.20. The smallest absolute Gasteiger partial charge is 0.262 e. The highest BCUT2D eigenvalue weighted by molar-refractivity contribution is 7.92. The zero-order valence-electron chi connectivity index (χ0n) is 11.8. The van der Waals surface area contributed by atoms with Crippen LogP contribution in [-0.2, 0) is 10.0 Å². The van der Waals surface area contributed by atoms with Crippen LogP contribution in [0.4, 0.5) is 5.69 Å². The van der Waals surface area contributed by atoms with Gasteiger partial charge in [-0.1, -0.05) is 11.6 Å². The van der Waals surface area contributed by atoms with Crippen molar-refractivity contribution in [2.24, 2.45) is 0 Å². The monoisotopic (exact) mass is 326 g/mol. The second kappa shape index (κ2) is 5.91. The second-order valence-corrected chi connectivity index (χ2v) is 6.54. The predicted octanol–water partition coefficient (Wildman–Crippen LogP) is 3.16. The van der Waals surface area contributed by atoms with Crippen molar-refractivity contribution in [1.29, 1.82) is 0 Å². The molecule has 1 N–H and O–H groups in total. The molecule has 0 unspecified atom stereocenters. The number of aryl methyl sites for hydroxylation is 2. The number of hydrogen-bond acceptors (Lipinski definition) is 4. The van der Waals surface area contributed by atoms with Gasteiger partial charge in [-0.2, -0.15) is 0 Å². The number of ether oxygens (including phenoxy) is 1. The average molecular weight is 327 g/mol. The lowest BCUT2D eigenvalue weighted by atomic mass is 10.1. The summed E-state index contributed by atoms with van der Waals surface area (Å²) in [5.74, 6) is 0.644. The van der Waals surface area contributed by atoms with Crippen LogP contribution in [-0.4, -0.2) is 20.5 Å². The molecule has 5 nitrogen and oxygen atoms in total. The maximum absolute atomic E-state index is 12.5. The number of nitrogens with one attached hydrogen (secondary N) is 1. The first-order chi connectivity index (χ1) is 9.85. The number of nitrogens with zero attached hydrogens (tertiary/aromatic N) is 1. The number of pyridine rings is 1. The Kier molecular flexibility index (Phi) is 4.39. The largest absolute Gasteiger partial charge is 0.496 e. The summed E-state index contributed by atoms with van der Waals surface area (Å²) in [6, 6.07) is 6.42. The van der Waals surface area contributed by atoms with E-state index in [1.807, 2.05) is 0 Å². The lowest BCUT2D eigenvalue weighted by Crippen LogP contribution is -2.15. The first-order valence-corrected chi connectivity index (χ1v) is 8.00. The summed E-state index contributed by atoms with van der Waals surface area (Å²) in [4.78, 5) is 4.02. The average Bonchev–Trinajstić information content (AvgIpc) is 2.43.